The molecule has 2 aromatic rings. The molecule has 152 valence electrons. The van der Waals surface area contributed by atoms with Gasteiger partial charge in [0.05, 0.1) is 22.6 Å². The number of rotatable bonds is 7. The smallest absolute Gasteiger partial charge is 0.240 e. The highest BCUT2D eigenvalue weighted by molar-refractivity contribution is 7.89. The standard InChI is InChI=1S/C22H25N3O3S/c23-14-18-3-1-6-22(13-18)29(26,27)24-19-11-12-25(16-19)15-17-7-9-21(10-8-17)28-20-4-2-5-20/h1,3,6-10,13,19-20,24H,2,4-5,11-12,15-16H2/t19-/m1/s1. The summed E-state index contributed by atoms with van der Waals surface area (Å²) in [5, 5.41) is 8.98. The average molecular weight is 412 g/mol. The number of sulfonamides is 1. The molecule has 1 aliphatic carbocycles. The summed E-state index contributed by atoms with van der Waals surface area (Å²) in [5.74, 6) is 0.921. The van der Waals surface area contributed by atoms with Crippen molar-refractivity contribution in [2.45, 2.75) is 49.3 Å². The van der Waals surface area contributed by atoms with Gasteiger partial charge in [0.15, 0.2) is 0 Å². The Morgan fingerprint density at radius 2 is 1.93 bits per heavy atom. The van der Waals surface area contributed by atoms with Crippen molar-refractivity contribution in [3.63, 3.8) is 0 Å². The van der Waals surface area contributed by atoms with Gasteiger partial charge in [-0.15, -0.1) is 0 Å². The topological polar surface area (TPSA) is 82.4 Å². The number of nitriles is 1. The molecule has 0 unspecified atom stereocenters. The van der Waals surface area contributed by atoms with E-state index in [0.29, 0.717) is 18.2 Å². The van der Waals surface area contributed by atoms with E-state index in [1.165, 1.54) is 24.1 Å². The molecule has 6 nitrogen and oxygen atoms in total. The zero-order chi connectivity index (χ0) is 20.3. The lowest BCUT2D eigenvalue weighted by Gasteiger charge is -2.26. The van der Waals surface area contributed by atoms with Crippen molar-refractivity contribution in [1.82, 2.24) is 9.62 Å². The Kier molecular flexibility index (Phi) is 5.86. The molecule has 0 aromatic heterocycles. The average Bonchev–Trinajstić information content (AvgIpc) is 3.12. The molecule has 29 heavy (non-hydrogen) atoms. The molecule has 1 N–H and O–H groups in total. The second kappa shape index (κ2) is 8.54. The van der Waals surface area contributed by atoms with Gasteiger partial charge < -0.3 is 4.74 Å². The van der Waals surface area contributed by atoms with E-state index in [4.69, 9.17) is 10.00 Å². The third kappa shape index (κ3) is 4.96. The van der Waals surface area contributed by atoms with Crippen molar-refractivity contribution in [2.75, 3.05) is 13.1 Å². The van der Waals surface area contributed by atoms with Crippen LogP contribution in [0.5, 0.6) is 5.75 Å². The number of nitrogens with zero attached hydrogens (tertiary/aromatic N) is 2. The van der Waals surface area contributed by atoms with E-state index in [2.05, 4.69) is 21.8 Å². The van der Waals surface area contributed by atoms with Crippen LogP contribution in [0.4, 0.5) is 0 Å². The molecule has 1 atom stereocenters. The second-order valence-corrected chi connectivity index (χ2v) is 9.51. The van der Waals surface area contributed by atoms with Crippen molar-refractivity contribution in [2.24, 2.45) is 0 Å². The van der Waals surface area contributed by atoms with Gasteiger partial charge >= 0.3 is 0 Å². The molecule has 1 saturated carbocycles. The zero-order valence-corrected chi connectivity index (χ0v) is 17.1. The van der Waals surface area contributed by atoms with Gasteiger partial charge in [-0.1, -0.05) is 18.2 Å². The predicted octanol–water partition coefficient (Wildman–Crippen LogP) is 3.04. The van der Waals surface area contributed by atoms with Crippen molar-refractivity contribution in [3.05, 3.63) is 59.7 Å². The van der Waals surface area contributed by atoms with Crippen LogP contribution in [0.15, 0.2) is 53.4 Å². The minimum Gasteiger partial charge on any atom is -0.490 e. The van der Waals surface area contributed by atoms with Crippen molar-refractivity contribution in [1.29, 1.82) is 5.26 Å². The fraction of sp³-hybridized carbons (Fsp3) is 0.409. The first-order chi connectivity index (χ1) is 14.0. The van der Waals surface area contributed by atoms with Crippen LogP contribution in [-0.2, 0) is 16.6 Å². The highest BCUT2D eigenvalue weighted by Crippen LogP contribution is 2.25. The molecule has 0 amide bonds. The summed E-state index contributed by atoms with van der Waals surface area (Å²) in [5.41, 5.74) is 1.53. The Morgan fingerprint density at radius 1 is 1.14 bits per heavy atom. The van der Waals surface area contributed by atoms with Gasteiger partial charge in [-0.2, -0.15) is 5.26 Å². The zero-order valence-electron chi connectivity index (χ0n) is 16.3. The minimum absolute atomic E-state index is 0.132. The Labute approximate surface area is 172 Å². The van der Waals surface area contributed by atoms with Crippen molar-refractivity contribution < 1.29 is 13.2 Å². The van der Waals surface area contributed by atoms with E-state index in [1.807, 2.05) is 18.2 Å². The molecule has 4 rings (SSSR count). The summed E-state index contributed by atoms with van der Waals surface area (Å²) < 4.78 is 33.9. The van der Waals surface area contributed by atoms with E-state index in [-0.39, 0.29) is 10.9 Å². The van der Waals surface area contributed by atoms with E-state index in [9.17, 15) is 8.42 Å². The molecular formula is C22H25N3O3S. The van der Waals surface area contributed by atoms with Gasteiger partial charge in [0, 0.05) is 25.7 Å². The minimum atomic E-state index is -3.63. The highest BCUT2D eigenvalue weighted by Gasteiger charge is 2.27. The monoisotopic (exact) mass is 411 g/mol. The van der Waals surface area contributed by atoms with Gasteiger partial charge in [-0.3, -0.25) is 4.90 Å². The van der Waals surface area contributed by atoms with E-state index >= 15 is 0 Å². The van der Waals surface area contributed by atoms with Crippen molar-refractivity contribution >= 4 is 10.0 Å². The molecule has 2 aromatic carbocycles. The largest absolute Gasteiger partial charge is 0.490 e. The molecule has 2 aliphatic rings. The number of hydrogen-bond acceptors (Lipinski definition) is 5. The van der Waals surface area contributed by atoms with Crippen LogP contribution in [0, 0.1) is 11.3 Å². The quantitative estimate of drug-likeness (QED) is 0.757. The van der Waals surface area contributed by atoms with Crippen molar-refractivity contribution in [3.8, 4) is 11.8 Å². The maximum absolute atomic E-state index is 12.6. The maximum Gasteiger partial charge on any atom is 0.240 e. The SMILES string of the molecule is N#Cc1cccc(S(=O)(=O)N[C@@H]2CCN(Cc3ccc(OC4CCC4)cc3)C2)c1. The molecular weight excluding hydrogens is 386 g/mol. The van der Waals surface area contributed by atoms with Gasteiger partial charge in [0.1, 0.15) is 5.75 Å². The molecule has 1 aliphatic heterocycles. The number of likely N-dealkylation sites (tertiary alicyclic amines) is 1. The van der Waals surface area contributed by atoms with Gasteiger partial charge in [-0.25, -0.2) is 13.1 Å². The van der Waals surface area contributed by atoms with Crippen LogP contribution < -0.4 is 9.46 Å². The fourth-order valence-electron chi connectivity index (χ4n) is 3.71. The van der Waals surface area contributed by atoms with Gasteiger partial charge in [0.2, 0.25) is 10.0 Å². The molecule has 1 saturated heterocycles. The number of ether oxygens (including phenoxy) is 1. The normalized spacial score (nSPS) is 20.2. The van der Waals surface area contributed by atoms with Crippen LogP contribution in [0.3, 0.4) is 0 Å². The third-order valence-corrected chi connectivity index (χ3v) is 7.07. The predicted molar refractivity (Wildman–Crippen MR) is 110 cm³/mol. The third-order valence-electron chi connectivity index (χ3n) is 5.55. The first-order valence-corrected chi connectivity index (χ1v) is 11.5. The summed E-state index contributed by atoms with van der Waals surface area (Å²) in [6.07, 6.45) is 4.69. The van der Waals surface area contributed by atoms with Crippen LogP contribution in [0.25, 0.3) is 0 Å². The molecule has 1 heterocycles. The first-order valence-electron chi connectivity index (χ1n) is 10.0. The summed E-state index contributed by atoms with van der Waals surface area (Å²) in [6.45, 7) is 2.29. The lowest BCUT2D eigenvalue weighted by atomic mass is 9.96. The number of hydrogen-bond donors (Lipinski definition) is 1. The second-order valence-electron chi connectivity index (χ2n) is 7.80. The highest BCUT2D eigenvalue weighted by atomic mass is 32.2. The first kappa shape index (κ1) is 19.9. The van der Waals surface area contributed by atoms with Crippen LogP contribution in [0.2, 0.25) is 0 Å². The Morgan fingerprint density at radius 3 is 2.62 bits per heavy atom. The summed E-state index contributed by atoms with van der Waals surface area (Å²) in [7, 11) is -3.63. The lowest BCUT2D eigenvalue weighted by molar-refractivity contribution is 0.120. The Hall–Kier alpha value is -2.40. The lowest BCUT2D eigenvalue weighted by Crippen LogP contribution is -2.37. The molecule has 0 radical (unpaired) electrons. The summed E-state index contributed by atoms with van der Waals surface area (Å²) >= 11 is 0. The molecule has 7 heteroatoms. The summed E-state index contributed by atoms with van der Waals surface area (Å²) in [6, 6.07) is 16.2. The Balaban J connectivity index is 1.31. The van der Waals surface area contributed by atoms with Gasteiger partial charge in [0.25, 0.3) is 0 Å². The van der Waals surface area contributed by atoms with E-state index < -0.39 is 10.0 Å². The summed E-state index contributed by atoms with van der Waals surface area (Å²) in [4.78, 5) is 2.39. The van der Waals surface area contributed by atoms with Crippen LogP contribution in [-0.4, -0.2) is 38.6 Å². The number of nitrogens with one attached hydrogen (secondary N) is 1. The van der Waals surface area contributed by atoms with E-state index in [0.717, 1.165) is 38.1 Å². The van der Waals surface area contributed by atoms with Gasteiger partial charge in [-0.05, 0) is 61.6 Å². The number of benzene rings is 2. The molecule has 0 spiro atoms. The molecule has 0 bridgehead atoms. The molecule has 2 fully saturated rings. The van der Waals surface area contributed by atoms with E-state index in [1.54, 1.807) is 12.1 Å². The van der Waals surface area contributed by atoms with Crippen LogP contribution >= 0.6 is 0 Å². The fourth-order valence-corrected chi connectivity index (χ4v) is 5.01. The Bertz CT molecular complexity index is 995. The maximum atomic E-state index is 12.6. The van der Waals surface area contributed by atoms with Crippen LogP contribution in [0.1, 0.15) is 36.8 Å².